The Morgan fingerprint density at radius 1 is 1.27 bits per heavy atom. The van der Waals surface area contributed by atoms with Crippen LogP contribution in [-0.4, -0.2) is 22.3 Å². The molecule has 4 heteroatoms. The van der Waals surface area contributed by atoms with Gasteiger partial charge in [0.1, 0.15) is 23.3 Å². The summed E-state index contributed by atoms with van der Waals surface area (Å²) in [6, 6.07) is 4.13. The number of rotatable bonds is 5. The second-order valence-corrected chi connectivity index (χ2v) is 3.15. The molecule has 2 N–H and O–H groups in total. The van der Waals surface area contributed by atoms with Crippen molar-refractivity contribution in [1.29, 1.82) is 0 Å². The summed E-state index contributed by atoms with van der Waals surface area (Å²) in [5.41, 5.74) is -0.0663. The lowest BCUT2D eigenvalue weighted by molar-refractivity contribution is -0.107. The molecule has 0 amide bonds. The second kappa shape index (κ2) is 5.14. The van der Waals surface area contributed by atoms with Crippen molar-refractivity contribution in [3.63, 3.8) is 0 Å². The van der Waals surface area contributed by atoms with Crippen molar-refractivity contribution in [3.8, 4) is 11.5 Å². The van der Waals surface area contributed by atoms with Gasteiger partial charge in [0.2, 0.25) is 0 Å². The first-order chi connectivity index (χ1) is 7.16. The van der Waals surface area contributed by atoms with Gasteiger partial charge in [0, 0.05) is 12.8 Å². The maximum atomic E-state index is 11.5. The number of unbranched alkanes of at least 4 members (excludes halogenated alkanes) is 1. The van der Waals surface area contributed by atoms with Crippen molar-refractivity contribution in [1.82, 2.24) is 0 Å². The summed E-state index contributed by atoms with van der Waals surface area (Å²) in [4.78, 5) is 21.6. The smallest absolute Gasteiger partial charge is 0.170 e. The number of phenols is 2. The fourth-order valence-corrected chi connectivity index (χ4v) is 1.28. The van der Waals surface area contributed by atoms with Gasteiger partial charge in [-0.3, -0.25) is 4.79 Å². The Hall–Kier alpha value is -1.84. The predicted octanol–water partition coefficient (Wildman–Crippen LogP) is 1.65. The summed E-state index contributed by atoms with van der Waals surface area (Å²) >= 11 is 0. The lowest BCUT2D eigenvalue weighted by Gasteiger charge is -2.04. The molecule has 0 bridgehead atoms. The molecule has 0 atom stereocenters. The minimum atomic E-state index is -0.354. The first-order valence-electron chi connectivity index (χ1n) is 4.64. The zero-order valence-corrected chi connectivity index (χ0v) is 8.14. The topological polar surface area (TPSA) is 74.6 Å². The highest BCUT2D eigenvalue weighted by atomic mass is 16.3. The van der Waals surface area contributed by atoms with Crippen LogP contribution in [-0.2, 0) is 4.79 Å². The van der Waals surface area contributed by atoms with Gasteiger partial charge in [0.15, 0.2) is 5.78 Å². The Bertz CT molecular complexity index is 351. The number of carbonyl (C=O) groups excluding carboxylic acids is 2. The van der Waals surface area contributed by atoms with Gasteiger partial charge in [-0.2, -0.15) is 0 Å². The Kier molecular flexibility index (Phi) is 3.85. The minimum absolute atomic E-state index is 0.0663. The fraction of sp³-hybridized carbons (Fsp3) is 0.273. The number of benzene rings is 1. The van der Waals surface area contributed by atoms with Crippen LogP contribution in [0.3, 0.4) is 0 Å². The fourth-order valence-electron chi connectivity index (χ4n) is 1.28. The number of phenolic OH excluding ortho intramolecular Hbond substituents is 2. The van der Waals surface area contributed by atoms with Crippen LogP contribution < -0.4 is 0 Å². The summed E-state index contributed by atoms with van der Waals surface area (Å²) in [5.74, 6) is -0.815. The van der Waals surface area contributed by atoms with Crippen molar-refractivity contribution in [2.75, 3.05) is 0 Å². The molecule has 0 aliphatic heterocycles. The van der Waals surface area contributed by atoms with E-state index in [1.807, 2.05) is 0 Å². The number of carbonyl (C=O) groups is 2. The Balaban J connectivity index is 2.77. The maximum Gasteiger partial charge on any atom is 0.170 e. The molecule has 0 aliphatic carbocycles. The van der Waals surface area contributed by atoms with Crippen LogP contribution >= 0.6 is 0 Å². The van der Waals surface area contributed by atoms with Crippen LogP contribution in [0.5, 0.6) is 11.5 Å². The number of ketones is 1. The first-order valence-corrected chi connectivity index (χ1v) is 4.64. The van der Waals surface area contributed by atoms with Gasteiger partial charge in [-0.05, 0) is 18.6 Å². The molecule has 0 radical (unpaired) electrons. The molecule has 1 aromatic carbocycles. The van der Waals surface area contributed by atoms with Crippen LogP contribution in [0.4, 0.5) is 0 Å². The summed E-state index contributed by atoms with van der Waals surface area (Å²) in [5, 5.41) is 18.7. The predicted molar refractivity (Wildman–Crippen MR) is 54.0 cm³/mol. The molecule has 0 saturated carbocycles. The van der Waals surface area contributed by atoms with Gasteiger partial charge in [0.25, 0.3) is 0 Å². The summed E-state index contributed by atoms with van der Waals surface area (Å²) in [6.07, 6.45) is 1.61. The average molecular weight is 208 g/mol. The van der Waals surface area contributed by atoms with E-state index in [4.69, 9.17) is 0 Å². The molecule has 15 heavy (non-hydrogen) atoms. The number of Topliss-reactive ketones (excluding diaryl/α,β-unsaturated/α-hetero) is 1. The maximum absolute atomic E-state index is 11.5. The lowest BCUT2D eigenvalue weighted by Crippen LogP contribution is -2.00. The molecule has 0 spiro atoms. The highest BCUT2D eigenvalue weighted by Crippen LogP contribution is 2.27. The van der Waals surface area contributed by atoms with Crippen molar-refractivity contribution >= 4 is 12.1 Å². The number of aldehydes is 1. The molecular weight excluding hydrogens is 196 g/mol. The van der Waals surface area contributed by atoms with Gasteiger partial charge in [-0.1, -0.05) is 6.07 Å². The quantitative estimate of drug-likeness (QED) is 0.438. The van der Waals surface area contributed by atoms with Crippen LogP contribution in [0.1, 0.15) is 29.6 Å². The van der Waals surface area contributed by atoms with Gasteiger partial charge in [-0.25, -0.2) is 0 Å². The summed E-state index contributed by atoms with van der Waals surface area (Å²) in [7, 11) is 0. The molecular formula is C11H12O4. The van der Waals surface area contributed by atoms with Crippen molar-refractivity contribution in [2.45, 2.75) is 19.3 Å². The van der Waals surface area contributed by atoms with E-state index in [2.05, 4.69) is 0 Å². The van der Waals surface area contributed by atoms with E-state index in [1.165, 1.54) is 18.2 Å². The Morgan fingerprint density at radius 3 is 2.40 bits per heavy atom. The van der Waals surface area contributed by atoms with Crippen LogP contribution in [0, 0.1) is 0 Å². The average Bonchev–Trinajstić information content (AvgIpc) is 2.18. The van der Waals surface area contributed by atoms with Crippen LogP contribution in [0.2, 0.25) is 0 Å². The molecule has 1 rings (SSSR count). The molecule has 1 aromatic rings. The molecule has 0 fully saturated rings. The molecule has 0 saturated heterocycles. The first kappa shape index (κ1) is 11.2. The number of aromatic hydroxyl groups is 2. The number of hydrogen-bond acceptors (Lipinski definition) is 4. The highest BCUT2D eigenvalue weighted by Gasteiger charge is 2.14. The zero-order valence-electron chi connectivity index (χ0n) is 8.14. The summed E-state index contributed by atoms with van der Waals surface area (Å²) < 4.78 is 0. The van der Waals surface area contributed by atoms with Crippen molar-refractivity contribution < 1.29 is 19.8 Å². The summed E-state index contributed by atoms with van der Waals surface area (Å²) in [6.45, 7) is 0. The van der Waals surface area contributed by atoms with E-state index < -0.39 is 0 Å². The third-order valence-corrected chi connectivity index (χ3v) is 2.03. The Labute approximate surface area is 87.2 Å². The molecule has 0 unspecified atom stereocenters. The molecule has 4 nitrogen and oxygen atoms in total. The monoisotopic (exact) mass is 208 g/mol. The molecule has 80 valence electrons. The highest BCUT2D eigenvalue weighted by molar-refractivity contribution is 6.01. The van der Waals surface area contributed by atoms with E-state index in [-0.39, 0.29) is 29.3 Å². The minimum Gasteiger partial charge on any atom is -0.507 e. The molecule has 0 aliphatic rings. The SMILES string of the molecule is O=CCCCC(=O)c1c(O)cccc1O. The third-order valence-electron chi connectivity index (χ3n) is 2.03. The van der Waals surface area contributed by atoms with Crippen molar-refractivity contribution in [3.05, 3.63) is 23.8 Å². The molecule has 0 heterocycles. The lowest BCUT2D eigenvalue weighted by atomic mass is 10.0. The van der Waals surface area contributed by atoms with Crippen LogP contribution in [0.15, 0.2) is 18.2 Å². The Morgan fingerprint density at radius 2 is 1.87 bits per heavy atom. The van der Waals surface area contributed by atoms with Crippen molar-refractivity contribution in [2.24, 2.45) is 0 Å². The zero-order chi connectivity index (χ0) is 11.3. The third kappa shape index (κ3) is 2.80. The molecule has 0 aromatic heterocycles. The van der Waals surface area contributed by atoms with Gasteiger partial charge < -0.3 is 15.0 Å². The van der Waals surface area contributed by atoms with Gasteiger partial charge in [0.05, 0.1) is 0 Å². The van der Waals surface area contributed by atoms with Crippen LogP contribution in [0.25, 0.3) is 0 Å². The largest absolute Gasteiger partial charge is 0.507 e. The number of hydrogen-bond donors (Lipinski definition) is 2. The van der Waals surface area contributed by atoms with Gasteiger partial charge in [-0.15, -0.1) is 0 Å². The second-order valence-electron chi connectivity index (χ2n) is 3.15. The standard InChI is InChI=1S/C11H12O4/c12-7-2-1-4-8(13)11-9(14)5-3-6-10(11)15/h3,5-7,14-15H,1-2,4H2. The van der Waals surface area contributed by atoms with E-state index in [1.54, 1.807) is 0 Å². The van der Waals surface area contributed by atoms with E-state index in [9.17, 15) is 19.8 Å². The van der Waals surface area contributed by atoms with E-state index in [0.717, 1.165) is 6.29 Å². The van der Waals surface area contributed by atoms with E-state index in [0.29, 0.717) is 12.8 Å². The van der Waals surface area contributed by atoms with E-state index >= 15 is 0 Å². The van der Waals surface area contributed by atoms with Gasteiger partial charge >= 0.3 is 0 Å². The normalized spacial score (nSPS) is 9.87.